The molecule has 2 unspecified atom stereocenters. The Morgan fingerprint density at radius 2 is 1.94 bits per heavy atom. The molecular formula is C13H22N2O3. The Morgan fingerprint density at radius 3 is 2.72 bits per heavy atom. The van der Waals surface area contributed by atoms with Gasteiger partial charge in [-0.15, -0.1) is 0 Å². The molecular weight excluding hydrogens is 232 g/mol. The number of aliphatic carboxylic acids is 1. The number of hydrogen-bond acceptors (Lipinski definition) is 3. The topological polar surface area (TPSA) is 69.6 Å². The van der Waals surface area contributed by atoms with Crippen molar-refractivity contribution in [1.82, 2.24) is 10.2 Å². The number of piperidine rings is 1. The molecule has 0 saturated carbocycles. The van der Waals surface area contributed by atoms with Crippen molar-refractivity contribution in [3.05, 3.63) is 0 Å². The van der Waals surface area contributed by atoms with Crippen LogP contribution in [0.4, 0.5) is 0 Å². The molecule has 2 aliphatic heterocycles. The molecule has 2 rings (SSSR count). The summed E-state index contributed by atoms with van der Waals surface area (Å²) < 4.78 is 0. The van der Waals surface area contributed by atoms with Crippen molar-refractivity contribution in [3.8, 4) is 0 Å². The molecule has 2 saturated heterocycles. The zero-order valence-corrected chi connectivity index (χ0v) is 10.7. The van der Waals surface area contributed by atoms with Gasteiger partial charge in [0, 0.05) is 13.1 Å². The van der Waals surface area contributed by atoms with Crippen molar-refractivity contribution in [2.45, 2.75) is 44.6 Å². The predicted octanol–water partition coefficient (Wildman–Crippen LogP) is 0.842. The van der Waals surface area contributed by atoms with Gasteiger partial charge in [0.2, 0.25) is 5.91 Å². The summed E-state index contributed by atoms with van der Waals surface area (Å²) in [6.07, 6.45) is 5.76. The predicted molar refractivity (Wildman–Crippen MR) is 67.2 cm³/mol. The summed E-state index contributed by atoms with van der Waals surface area (Å²) in [5.74, 6) is -1.06. The molecule has 5 nitrogen and oxygen atoms in total. The first-order chi connectivity index (χ1) is 8.68. The first-order valence-electron chi connectivity index (χ1n) is 6.93. The minimum atomic E-state index is -0.777. The molecule has 0 radical (unpaired) electrons. The molecule has 2 fully saturated rings. The van der Waals surface area contributed by atoms with Gasteiger partial charge in [-0.05, 0) is 32.2 Å². The molecule has 0 aromatic carbocycles. The smallest absolute Gasteiger partial charge is 0.308 e. The van der Waals surface area contributed by atoms with E-state index >= 15 is 0 Å². The fraction of sp³-hybridized carbons (Fsp3) is 0.846. The number of hydrogen-bond donors (Lipinski definition) is 2. The Labute approximate surface area is 108 Å². The van der Waals surface area contributed by atoms with Crippen LogP contribution in [0.25, 0.3) is 0 Å². The highest BCUT2D eigenvalue weighted by Gasteiger charge is 2.31. The van der Waals surface area contributed by atoms with Crippen LogP contribution < -0.4 is 5.32 Å². The monoisotopic (exact) mass is 254 g/mol. The molecule has 18 heavy (non-hydrogen) atoms. The number of carboxylic acid groups (broad SMARTS) is 1. The van der Waals surface area contributed by atoms with Gasteiger partial charge in [0.25, 0.3) is 0 Å². The van der Waals surface area contributed by atoms with Gasteiger partial charge in [-0.3, -0.25) is 9.59 Å². The van der Waals surface area contributed by atoms with E-state index in [1.54, 1.807) is 4.90 Å². The second-order valence-electron chi connectivity index (χ2n) is 5.32. The van der Waals surface area contributed by atoms with Crippen LogP contribution in [0, 0.1) is 5.92 Å². The molecule has 102 valence electrons. The number of carbonyl (C=O) groups is 2. The Hall–Kier alpha value is -1.10. The lowest BCUT2D eigenvalue weighted by Crippen LogP contribution is -2.50. The number of amides is 1. The van der Waals surface area contributed by atoms with Crippen LogP contribution in [0.2, 0.25) is 0 Å². The summed E-state index contributed by atoms with van der Waals surface area (Å²) >= 11 is 0. The van der Waals surface area contributed by atoms with Crippen molar-refractivity contribution >= 4 is 11.9 Å². The van der Waals surface area contributed by atoms with Gasteiger partial charge < -0.3 is 15.3 Å². The van der Waals surface area contributed by atoms with Crippen LogP contribution >= 0.6 is 0 Å². The number of likely N-dealkylation sites (tertiary alicyclic amines) is 1. The van der Waals surface area contributed by atoms with E-state index in [9.17, 15) is 9.59 Å². The van der Waals surface area contributed by atoms with E-state index in [1.165, 1.54) is 6.42 Å². The summed E-state index contributed by atoms with van der Waals surface area (Å²) in [5.41, 5.74) is 0. The molecule has 1 amide bonds. The maximum absolute atomic E-state index is 12.3. The van der Waals surface area contributed by atoms with Crippen molar-refractivity contribution < 1.29 is 14.7 Å². The summed E-state index contributed by atoms with van der Waals surface area (Å²) in [5, 5.41) is 12.3. The Kier molecular flexibility index (Phi) is 4.58. The summed E-state index contributed by atoms with van der Waals surface area (Å²) in [6.45, 7) is 1.99. The van der Waals surface area contributed by atoms with Gasteiger partial charge in [-0.1, -0.05) is 12.8 Å². The zero-order chi connectivity index (χ0) is 13.0. The van der Waals surface area contributed by atoms with Crippen LogP contribution in [-0.2, 0) is 9.59 Å². The molecule has 0 aromatic rings. The van der Waals surface area contributed by atoms with Gasteiger partial charge in [0.05, 0.1) is 12.0 Å². The van der Waals surface area contributed by atoms with E-state index in [0.29, 0.717) is 19.5 Å². The molecule has 5 heteroatoms. The van der Waals surface area contributed by atoms with Crippen molar-refractivity contribution in [2.75, 3.05) is 19.6 Å². The average Bonchev–Trinajstić information content (AvgIpc) is 2.67. The lowest BCUT2D eigenvalue weighted by Gasteiger charge is -2.33. The third-order valence-electron chi connectivity index (χ3n) is 3.94. The first kappa shape index (κ1) is 13.3. The Bertz CT molecular complexity index is 311. The highest BCUT2D eigenvalue weighted by Crippen LogP contribution is 2.19. The van der Waals surface area contributed by atoms with Crippen molar-refractivity contribution in [2.24, 2.45) is 5.92 Å². The molecule has 0 spiro atoms. The average molecular weight is 254 g/mol. The van der Waals surface area contributed by atoms with Crippen LogP contribution in [-0.4, -0.2) is 47.6 Å². The quantitative estimate of drug-likeness (QED) is 0.766. The molecule has 2 N–H and O–H groups in total. The third-order valence-corrected chi connectivity index (χ3v) is 3.94. The Balaban J connectivity index is 1.92. The lowest BCUT2D eigenvalue weighted by atomic mass is 9.97. The molecule has 0 bridgehead atoms. The maximum atomic E-state index is 12.3. The second-order valence-corrected chi connectivity index (χ2v) is 5.32. The van der Waals surface area contributed by atoms with Gasteiger partial charge in [-0.2, -0.15) is 0 Å². The molecule has 0 aliphatic carbocycles. The van der Waals surface area contributed by atoms with Gasteiger partial charge in [0.15, 0.2) is 0 Å². The fourth-order valence-electron chi connectivity index (χ4n) is 2.84. The number of carbonyl (C=O) groups excluding carboxylic acids is 1. The number of nitrogens with one attached hydrogen (secondary N) is 1. The van der Waals surface area contributed by atoms with E-state index in [1.807, 2.05) is 0 Å². The highest BCUT2D eigenvalue weighted by atomic mass is 16.4. The largest absolute Gasteiger partial charge is 0.481 e. The third kappa shape index (κ3) is 3.22. The van der Waals surface area contributed by atoms with Gasteiger partial charge in [0.1, 0.15) is 0 Å². The molecule has 2 atom stereocenters. The van der Waals surface area contributed by atoms with Crippen LogP contribution in [0.1, 0.15) is 38.5 Å². The van der Waals surface area contributed by atoms with Crippen LogP contribution in [0.15, 0.2) is 0 Å². The maximum Gasteiger partial charge on any atom is 0.308 e. The normalized spacial score (nSPS) is 29.7. The summed E-state index contributed by atoms with van der Waals surface area (Å²) in [4.78, 5) is 25.1. The summed E-state index contributed by atoms with van der Waals surface area (Å²) in [6, 6.07) is -0.0972. The van der Waals surface area contributed by atoms with Crippen LogP contribution in [0.3, 0.4) is 0 Å². The second kappa shape index (κ2) is 6.18. The van der Waals surface area contributed by atoms with E-state index < -0.39 is 5.97 Å². The fourth-order valence-corrected chi connectivity index (χ4v) is 2.84. The first-order valence-corrected chi connectivity index (χ1v) is 6.93. The number of rotatable bonds is 2. The number of nitrogens with zero attached hydrogens (tertiary/aromatic N) is 1. The van der Waals surface area contributed by atoms with Crippen molar-refractivity contribution in [3.63, 3.8) is 0 Å². The SMILES string of the molecule is O=C(O)C1CCCN(C(=O)C2CCCCCN2)C1. The van der Waals surface area contributed by atoms with E-state index in [4.69, 9.17) is 5.11 Å². The summed E-state index contributed by atoms with van der Waals surface area (Å²) in [7, 11) is 0. The number of carboxylic acids is 1. The highest BCUT2D eigenvalue weighted by molar-refractivity contribution is 5.82. The standard InChI is InChI=1S/C13H22N2O3/c16-12(11-6-2-1-3-7-14-11)15-8-4-5-10(9-15)13(17)18/h10-11,14H,1-9H2,(H,17,18). The minimum absolute atomic E-state index is 0.0972. The molecule has 0 aromatic heterocycles. The van der Waals surface area contributed by atoms with Gasteiger partial charge >= 0.3 is 5.97 Å². The molecule has 2 aliphatic rings. The minimum Gasteiger partial charge on any atom is -0.481 e. The molecule has 2 heterocycles. The van der Waals surface area contributed by atoms with Gasteiger partial charge in [-0.25, -0.2) is 0 Å². The zero-order valence-electron chi connectivity index (χ0n) is 10.7. The lowest BCUT2D eigenvalue weighted by molar-refractivity contribution is -0.146. The van der Waals surface area contributed by atoms with Crippen molar-refractivity contribution in [1.29, 1.82) is 0 Å². The van der Waals surface area contributed by atoms with E-state index in [2.05, 4.69) is 5.32 Å². The van der Waals surface area contributed by atoms with E-state index in [0.717, 1.165) is 32.2 Å². The van der Waals surface area contributed by atoms with Crippen LogP contribution in [0.5, 0.6) is 0 Å². The van der Waals surface area contributed by atoms with E-state index in [-0.39, 0.29) is 17.9 Å². The Morgan fingerprint density at radius 1 is 1.11 bits per heavy atom.